The third-order valence-electron chi connectivity index (χ3n) is 5.22. The van der Waals surface area contributed by atoms with Gasteiger partial charge in [-0.2, -0.15) is 0 Å². The summed E-state index contributed by atoms with van der Waals surface area (Å²) in [6, 6.07) is 10.5. The van der Waals surface area contributed by atoms with E-state index >= 15 is 0 Å². The van der Waals surface area contributed by atoms with Gasteiger partial charge in [0.2, 0.25) is 0 Å². The average Bonchev–Trinajstić information content (AvgIpc) is 3.20. The molecule has 0 saturated carbocycles. The first kappa shape index (κ1) is 19.9. The van der Waals surface area contributed by atoms with Crippen LogP contribution < -0.4 is 5.32 Å². The predicted octanol–water partition coefficient (Wildman–Crippen LogP) is 4.90. The number of aromatic amines is 1. The number of rotatable bonds is 7. The molecule has 29 heavy (non-hydrogen) atoms. The number of imidazole rings is 1. The van der Waals surface area contributed by atoms with Gasteiger partial charge in [-0.1, -0.05) is 18.2 Å². The summed E-state index contributed by atoms with van der Waals surface area (Å²) in [6.45, 7) is 4.30. The van der Waals surface area contributed by atoms with Crippen LogP contribution in [0.5, 0.6) is 0 Å². The monoisotopic (exact) mass is 411 g/mol. The van der Waals surface area contributed by atoms with E-state index < -0.39 is 0 Å². The molecule has 0 radical (unpaired) electrons. The van der Waals surface area contributed by atoms with E-state index in [1.54, 1.807) is 30.1 Å². The summed E-state index contributed by atoms with van der Waals surface area (Å²) in [5.74, 6) is 0.599. The number of aromatic nitrogens is 3. The lowest BCUT2D eigenvalue weighted by Gasteiger charge is -2.26. The summed E-state index contributed by atoms with van der Waals surface area (Å²) < 4.78 is 13.4. The van der Waals surface area contributed by atoms with Gasteiger partial charge in [0.05, 0.1) is 11.4 Å². The number of hydrogen-bond acceptors (Lipinski definition) is 5. The average molecular weight is 412 g/mol. The topological polar surface area (TPSA) is 56.8 Å². The molecule has 2 N–H and O–H groups in total. The van der Waals surface area contributed by atoms with Crippen molar-refractivity contribution in [1.82, 2.24) is 19.9 Å². The molecule has 0 bridgehead atoms. The Morgan fingerprint density at radius 3 is 2.66 bits per heavy atom. The number of pyridine rings is 1. The van der Waals surface area contributed by atoms with Gasteiger partial charge in [-0.05, 0) is 68.6 Å². The van der Waals surface area contributed by atoms with Crippen molar-refractivity contribution in [3.63, 3.8) is 0 Å². The van der Waals surface area contributed by atoms with Crippen LogP contribution in [0.3, 0.4) is 0 Å². The first-order valence-electron chi connectivity index (χ1n) is 10.1. The van der Waals surface area contributed by atoms with Gasteiger partial charge in [0.15, 0.2) is 5.16 Å². The number of likely N-dealkylation sites (tertiary alicyclic amines) is 1. The highest BCUT2D eigenvalue weighted by molar-refractivity contribution is 7.98. The van der Waals surface area contributed by atoms with Crippen LogP contribution in [-0.2, 0) is 0 Å². The van der Waals surface area contributed by atoms with Gasteiger partial charge in [0.1, 0.15) is 11.6 Å². The van der Waals surface area contributed by atoms with Crippen LogP contribution in [0.1, 0.15) is 19.3 Å². The number of nitrogens with one attached hydrogen (secondary N) is 2. The molecular formula is C22H26FN5S. The Labute approximate surface area is 175 Å². The number of benzene rings is 1. The fourth-order valence-electron chi connectivity index (χ4n) is 3.68. The van der Waals surface area contributed by atoms with E-state index in [9.17, 15) is 4.39 Å². The zero-order valence-electron chi connectivity index (χ0n) is 16.6. The lowest BCUT2D eigenvalue weighted by atomic mass is 10.1. The second-order valence-electron chi connectivity index (χ2n) is 7.24. The number of H-pyrrole nitrogens is 1. The zero-order valence-corrected chi connectivity index (χ0v) is 17.4. The first-order valence-corrected chi connectivity index (χ1v) is 11.3. The smallest absolute Gasteiger partial charge is 0.166 e. The zero-order chi connectivity index (χ0) is 20.1. The number of anilines is 1. The molecule has 7 heteroatoms. The highest BCUT2D eigenvalue weighted by Crippen LogP contribution is 2.33. The molecule has 0 aliphatic carbocycles. The summed E-state index contributed by atoms with van der Waals surface area (Å²) >= 11 is 1.55. The first-order chi connectivity index (χ1) is 14.2. The number of thioether (sulfide) groups is 1. The van der Waals surface area contributed by atoms with Crippen molar-refractivity contribution >= 4 is 17.6 Å². The van der Waals surface area contributed by atoms with Crippen molar-refractivity contribution in [2.24, 2.45) is 0 Å². The fraction of sp³-hybridized carbons (Fsp3) is 0.364. The van der Waals surface area contributed by atoms with Crippen LogP contribution in [0.25, 0.3) is 22.5 Å². The maximum atomic E-state index is 13.4. The Morgan fingerprint density at radius 1 is 1.10 bits per heavy atom. The van der Waals surface area contributed by atoms with E-state index in [-0.39, 0.29) is 5.82 Å². The van der Waals surface area contributed by atoms with Crippen molar-refractivity contribution in [1.29, 1.82) is 0 Å². The highest BCUT2D eigenvalue weighted by Gasteiger charge is 2.15. The number of halogens is 1. The minimum absolute atomic E-state index is 0.246. The molecule has 0 spiro atoms. The van der Waals surface area contributed by atoms with E-state index in [1.807, 2.05) is 18.4 Å². The van der Waals surface area contributed by atoms with Gasteiger partial charge in [0, 0.05) is 30.4 Å². The third-order valence-corrected chi connectivity index (χ3v) is 5.80. The quantitative estimate of drug-likeness (QED) is 0.542. The molecule has 4 rings (SSSR count). The van der Waals surface area contributed by atoms with Gasteiger partial charge in [-0.15, -0.1) is 0 Å². The SMILES string of the molecule is CSc1nc(-c2ccnc(NCCN3CCCCC3)c2)c(-c2ccc(F)cc2)[nH]1. The molecule has 3 aromatic rings. The summed E-state index contributed by atoms with van der Waals surface area (Å²) in [7, 11) is 0. The van der Waals surface area contributed by atoms with Gasteiger partial charge >= 0.3 is 0 Å². The minimum atomic E-state index is -0.246. The van der Waals surface area contributed by atoms with Gasteiger partial charge in [-0.25, -0.2) is 14.4 Å². The highest BCUT2D eigenvalue weighted by atomic mass is 32.2. The molecule has 3 heterocycles. The van der Waals surface area contributed by atoms with E-state index in [1.165, 1.54) is 44.5 Å². The standard InChI is InChI=1S/C22H26FN5S/c1-29-22-26-20(16-5-7-18(23)8-6-16)21(27-22)17-9-10-24-19(15-17)25-11-14-28-12-3-2-4-13-28/h5-10,15H,2-4,11-14H2,1H3,(H,24,25)(H,26,27). The van der Waals surface area contributed by atoms with Gasteiger partial charge < -0.3 is 15.2 Å². The van der Waals surface area contributed by atoms with E-state index in [0.29, 0.717) is 0 Å². The molecule has 1 aliphatic rings. The Bertz CT molecular complexity index is 935. The van der Waals surface area contributed by atoms with Crippen molar-refractivity contribution in [2.75, 3.05) is 37.8 Å². The van der Waals surface area contributed by atoms with Crippen LogP contribution in [-0.4, -0.2) is 52.3 Å². The van der Waals surface area contributed by atoms with Crippen LogP contribution in [0.2, 0.25) is 0 Å². The normalized spacial score (nSPS) is 14.8. The molecule has 0 unspecified atom stereocenters. The van der Waals surface area contributed by atoms with Crippen molar-refractivity contribution < 1.29 is 4.39 Å². The largest absolute Gasteiger partial charge is 0.369 e. The molecule has 5 nitrogen and oxygen atoms in total. The summed E-state index contributed by atoms with van der Waals surface area (Å²) in [4.78, 5) is 15.1. The number of hydrogen-bond donors (Lipinski definition) is 2. The lowest BCUT2D eigenvalue weighted by Crippen LogP contribution is -2.33. The maximum absolute atomic E-state index is 13.4. The Balaban J connectivity index is 1.53. The molecule has 1 saturated heterocycles. The molecule has 152 valence electrons. The molecule has 1 fully saturated rings. The maximum Gasteiger partial charge on any atom is 0.166 e. The van der Waals surface area contributed by atoms with E-state index in [0.717, 1.165) is 46.6 Å². The van der Waals surface area contributed by atoms with Crippen molar-refractivity contribution in [3.8, 4) is 22.5 Å². The molecule has 0 amide bonds. The van der Waals surface area contributed by atoms with Crippen molar-refractivity contribution in [3.05, 3.63) is 48.4 Å². The Morgan fingerprint density at radius 2 is 1.90 bits per heavy atom. The van der Waals surface area contributed by atoms with E-state index in [4.69, 9.17) is 4.98 Å². The predicted molar refractivity (Wildman–Crippen MR) is 118 cm³/mol. The van der Waals surface area contributed by atoms with Gasteiger partial charge in [0.25, 0.3) is 0 Å². The molecule has 1 aliphatic heterocycles. The van der Waals surface area contributed by atoms with Crippen molar-refractivity contribution in [2.45, 2.75) is 24.4 Å². The summed E-state index contributed by atoms with van der Waals surface area (Å²) in [5.41, 5.74) is 3.63. The Kier molecular flexibility index (Phi) is 6.46. The molecular weight excluding hydrogens is 385 g/mol. The molecule has 0 atom stereocenters. The number of nitrogens with zero attached hydrogens (tertiary/aromatic N) is 3. The minimum Gasteiger partial charge on any atom is -0.369 e. The van der Waals surface area contributed by atoms with Crippen LogP contribution in [0.4, 0.5) is 10.2 Å². The second-order valence-corrected chi connectivity index (χ2v) is 8.03. The van der Waals surface area contributed by atoms with Gasteiger partial charge in [-0.3, -0.25) is 0 Å². The lowest BCUT2D eigenvalue weighted by molar-refractivity contribution is 0.237. The third kappa shape index (κ3) is 4.97. The summed E-state index contributed by atoms with van der Waals surface area (Å²) in [5, 5.41) is 4.27. The molecule has 2 aromatic heterocycles. The molecule has 1 aromatic carbocycles. The van der Waals surface area contributed by atoms with Crippen LogP contribution in [0.15, 0.2) is 47.8 Å². The number of piperidine rings is 1. The fourth-order valence-corrected chi connectivity index (χ4v) is 4.07. The van der Waals surface area contributed by atoms with Crippen LogP contribution in [0, 0.1) is 5.82 Å². The van der Waals surface area contributed by atoms with E-state index in [2.05, 4.69) is 20.2 Å². The summed E-state index contributed by atoms with van der Waals surface area (Å²) in [6.07, 6.45) is 7.75. The Hall–Kier alpha value is -2.38. The second kappa shape index (κ2) is 9.41. The van der Waals surface area contributed by atoms with Crippen LogP contribution >= 0.6 is 11.8 Å².